The van der Waals surface area contributed by atoms with Gasteiger partial charge in [-0.2, -0.15) is 9.78 Å². The second-order valence-electron chi connectivity index (χ2n) is 10.3. The van der Waals surface area contributed by atoms with Gasteiger partial charge in [-0.3, -0.25) is 9.59 Å². The molecule has 1 atom stereocenters. The van der Waals surface area contributed by atoms with Crippen LogP contribution in [0.4, 0.5) is 5.82 Å². The van der Waals surface area contributed by atoms with Crippen LogP contribution in [-0.4, -0.2) is 37.3 Å². The number of nitrogens with zero attached hydrogens (tertiary/aromatic N) is 4. The van der Waals surface area contributed by atoms with Gasteiger partial charge >= 0.3 is 0 Å². The van der Waals surface area contributed by atoms with Gasteiger partial charge in [-0.05, 0) is 71.8 Å². The van der Waals surface area contributed by atoms with E-state index < -0.39 is 11.5 Å². The molecule has 0 radical (unpaired) electrons. The Morgan fingerprint density at radius 3 is 2.37 bits per heavy atom. The quantitative estimate of drug-likeness (QED) is 0.248. The summed E-state index contributed by atoms with van der Waals surface area (Å²) in [4.78, 5) is 27.7. The summed E-state index contributed by atoms with van der Waals surface area (Å²) in [5, 5.41) is 18.1. The van der Waals surface area contributed by atoms with Crippen molar-refractivity contribution in [3.8, 4) is 11.1 Å². The minimum atomic E-state index is -1.80. The normalized spacial score (nSPS) is 13.1. The molecule has 43 heavy (non-hydrogen) atoms. The van der Waals surface area contributed by atoms with Crippen molar-refractivity contribution in [3.63, 3.8) is 0 Å². The van der Waals surface area contributed by atoms with Crippen LogP contribution >= 0.6 is 11.6 Å². The van der Waals surface area contributed by atoms with Gasteiger partial charge in [0.05, 0.1) is 16.9 Å². The molecule has 0 aliphatic rings. The predicted molar refractivity (Wildman–Crippen MR) is 170 cm³/mol. The Labute approximate surface area is 253 Å². The highest BCUT2D eigenvalue weighted by Gasteiger charge is 2.38. The average molecular weight is 595 g/mol. The zero-order valence-electron chi connectivity index (χ0n) is 24.0. The Kier molecular flexibility index (Phi) is 7.71. The lowest BCUT2D eigenvalue weighted by atomic mass is 9.81. The standard InChI is InChI=1S/C33H31ClN6O3/c1-5-38(3)29(19-35)33(43,23-11-9-21(10-12-23)32(42)40-30(36)15-20(2)37-40)24-13-14-28-27(17-24)26(18-31(41)39(28)4)22-7-6-8-25(34)16-22/h5-19,43H,1,35-36H2,2-4H3/b29-19-. The highest BCUT2D eigenvalue weighted by atomic mass is 35.5. The summed E-state index contributed by atoms with van der Waals surface area (Å²) in [7, 11) is 3.41. The van der Waals surface area contributed by atoms with Gasteiger partial charge in [-0.1, -0.05) is 48.5 Å². The molecule has 5 aromatic rings. The lowest BCUT2D eigenvalue weighted by Crippen LogP contribution is -2.37. The molecular formula is C33H31ClN6O3. The number of carbonyl (C=O) groups is 1. The molecule has 0 saturated carbocycles. The minimum Gasteiger partial charge on any atom is -0.403 e. The number of benzene rings is 3. The third kappa shape index (κ3) is 5.09. The van der Waals surface area contributed by atoms with E-state index in [2.05, 4.69) is 11.7 Å². The number of fused-ring (bicyclic) bond motifs is 1. The molecule has 2 aromatic heterocycles. The number of aryl methyl sites for hydroxylation is 2. The molecule has 0 spiro atoms. The number of halogens is 1. The molecule has 5 rings (SSSR count). The molecule has 0 aliphatic carbocycles. The molecule has 0 saturated heterocycles. The van der Waals surface area contributed by atoms with Crippen molar-refractivity contribution < 1.29 is 9.90 Å². The third-order valence-electron chi connectivity index (χ3n) is 7.58. The molecule has 5 N–H and O–H groups in total. The van der Waals surface area contributed by atoms with Crippen molar-refractivity contribution in [2.24, 2.45) is 12.8 Å². The summed E-state index contributed by atoms with van der Waals surface area (Å²) in [6.07, 6.45) is 2.85. The van der Waals surface area contributed by atoms with Gasteiger partial charge in [0.1, 0.15) is 5.82 Å². The zero-order chi connectivity index (χ0) is 31.1. The maximum Gasteiger partial charge on any atom is 0.280 e. The number of rotatable bonds is 7. The van der Waals surface area contributed by atoms with Crippen molar-refractivity contribution >= 4 is 34.2 Å². The predicted octanol–water partition coefficient (Wildman–Crippen LogP) is 4.75. The molecule has 2 heterocycles. The maximum absolute atomic E-state index is 13.1. The van der Waals surface area contributed by atoms with Crippen LogP contribution in [0.1, 0.15) is 27.2 Å². The van der Waals surface area contributed by atoms with E-state index in [0.717, 1.165) is 10.2 Å². The summed E-state index contributed by atoms with van der Waals surface area (Å²) >= 11 is 6.30. The van der Waals surface area contributed by atoms with E-state index in [1.54, 1.807) is 91.1 Å². The fourth-order valence-electron chi connectivity index (χ4n) is 5.29. The lowest BCUT2D eigenvalue weighted by Gasteiger charge is -2.36. The number of hydrogen-bond acceptors (Lipinski definition) is 7. The van der Waals surface area contributed by atoms with Crippen molar-refractivity contribution in [1.29, 1.82) is 0 Å². The minimum absolute atomic E-state index is 0.187. The van der Waals surface area contributed by atoms with Gasteiger partial charge < -0.3 is 26.0 Å². The number of aromatic nitrogens is 3. The molecule has 0 bridgehead atoms. The molecule has 10 heteroatoms. The summed E-state index contributed by atoms with van der Waals surface area (Å²) in [6.45, 7) is 5.60. The summed E-state index contributed by atoms with van der Waals surface area (Å²) in [6, 6.07) is 22.3. The number of carbonyl (C=O) groups excluding carboxylic acids is 1. The number of hydrogen-bond donors (Lipinski definition) is 3. The van der Waals surface area contributed by atoms with Crippen LogP contribution in [0, 0.1) is 6.92 Å². The van der Waals surface area contributed by atoms with E-state index in [4.69, 9.17) is 23.1 Å². The average Bonchev–Trinajstić information content (AvgIpc) is 3.35. The molecule has 1 unspecified atom stereocenters. The van der Waals surface area contributed by atoms with E-state index in [0.29, 0.717) is 49.6 Å². The SMILES string of the molecule is C=CN(C)/C(=C\N)C(O)(c1ccc(C(=O)n2nc(C)cc2N)cc1)c1ccc2c(c1)c(-c1cccc(Cl)c1)cc(=O)n2C. The van der Waals surface area contributed by atoms with Crippen molar-refractivity contribution in [3.05, 3.63) is 141 Å². The van der Waals surface area contributed by atoms with E-state index in [9.17, 15) is 14.7 Å². The first-order valence-corrected chi connectivity index (χ1v) is 13.7. The van der Waals surface area contributed by atoms with Crippen LogP contribution in [0.15, 0.2) is 108 Å². The van der Waals surface area contributed by atoms with Crippen LogP contribution < -0.4 is 17.0 Å². The van der Waals surface area contributed by atoms with Gasteiger partial charge in [0.15, 0.2) is 5.60 Å². The molecule has 218 valence electrons. The second kappa shape index (κ2) is 11.3. The zero-order valence-corrected chi connectivity index (χ0v) is 24.7. The molecule has 0 fully saturated rings. The Morgan fingerprint density at radius 2 is 1.77 bits per heavy atom. The van der Waals surface area contributed by atoms with Crippen molar-refractivity contribution in [2.75, 3.05) is 12.8 Å². The Hall–Kier alpha value is -5.12. The molecule has 3 aromatic carbocycles. The van der Waals surface area contributed by atoms with Gasteiger partial charge in [0.25, 0.3) is 11.5 Å². The Balaban J connectivity index is 1.73. The molecular weight excluding hydrogens is 564 g/mol. The topological polar surface area (TPSA) is 132 Å². The number of likely N-dealkylation sites (N-methyl/N-ethyl adjacent to an activating group) is 1. The number of anilines is 1. The van der Waals surface area contributed by atoms with Crippen LogP contribution in [0.2, 0.25) is 5.02 Å². The van der Waals surface area contributed by atoms with Gasteiger partial charge in [0, 0.05) is 48.4 Å². The van der Waals surface area contributed by atoms with Crippen LogP contribution in [0.25, 0.3) is 22.0 Å². The largest absolute Gasteiger partial charge is 0.403 e. The lowest BCUT2D eigenvalue weighted by molar-refractivity contribution is 0.0939. The van der Waals surface area contributed by atoms with E-state index in [-0.39, 0.29) is 11.4 Å². The van der Waals surface area contributed by atoms with Crippen LogP contribution in [-0.2, 0) is 12.6 Å². The fourth-order valence-corrected chi connectivity index (χ4v) is 5.48. The Morgan fingerprint density at radius 1 is 1.07 bits per heavy atom. The first-order valence-electron chi connectivity index (χ1n) is 13.4. The first-order chi connectivity index (χ1) is 20.5. The van der Waals surface area contributed by atoms with Crippen molar-refractivity contribution in [2.45, 2.75) is 12.5 Å². The first kappa shape index (κ1) is 29.4. The highest BCUT2D eigenvalue weighted by molar-refractivity contribution is 6.30. The molecule has 9 nitrogen and oxygen atoms in total. The van der Waals surface area contributed by atoms with Crippen LogP contribution in [0.5, 0.6) is 0 Å². The smallest absolute Gasteiger partial charge is 0.280 e. The van der Waals surface area contributed by atoms with Gasteiger partial charge in [-0.25, -0.2) is 0 Å². The number of pyridine rings is 1. The number of aliphatic hydroxyl groups is 1. The van der Waals surface area contributed by atoms with E-state index in [1.807, 2.05) is 18.2 Å². The highest BCUT2D eigenvalue weighted by Crippen LogP contribution is 2.40. The van der Waals surface area contributed by atoms with Gasteiger partial charge in [-0.15, -0.1) is 0 Å². The van der Waals surface area contributed by atoms with Crippen LogP contribution in [0.3, 0.4) is 0 Å². The molecule has 0 aliphatic heterocycles. The van der Waals surface area contributed by atoms with Gasteiger partial charge in [0.2, 0.25) is 0 Å². The van der Waals surface area contributed by atoms with E-state index in [1.165, 1.54) is 12.4 Å². The number of nitrogen functional groups attached to an aromatic ring is 1. The third-order valence-corrected chi connectivity index (χ3v) is 7.82. The number of nitrogens with two attached hydrogens (primary N) is 2. The monoisotopic (exact) mass is 594 g/mol. The summed E-state index contributed by atoms with van der Waals surface area (Å²) in [5.41, 5.74) is 14.4. The summed E-state index contributed by atoms with van der Waals surface area (Å²) in [5.74, 6) is -0.179. The van der Waals surface area contributed by atoms with Crippen molar-refractivity contribution in [1.82, 2.24) is 19.2 Å². The second-order valence-corrected chi connectivity index (χ2v) is 10.7. The fraction of sp³-hybridized carbons (Fsp3) is 0.121. The molecule has 0 amide bonds. The Bertz CT molecular complexity index is 1980. The summed E-state index contributed by atoms with van der Waals surface area (Å²) < 4.78 is 2.68. The maximum atomic E-state index is 13.1. The van der Waals surface area contributed by atoms with E-state index >= 15 is 0 Å².